The first kappa shape index (κ1) is 7.56. The van der Waals surface area contributed by atoms with Gasteiger partial charge < -0.3 is 5.11 Å². The third-order valence-corrected chi connectivity index (χ3v) is 2.87. The molecule has 1 aliphatic carbocycles. The molecule has 2 rings (SSSR count). The molecule has 0 radical (unpaired) electrons. The maximum atomic E-state index is 9.36. The first-order chi connectivity index (χ1) is 5.25. The van der Waals surface area contributed by atoms with Crippen molar-refractivity contribution < 1.29 is 5.11 Å². The van der Waals surface area contributed by atoms with E-state index in [0.717, 1.165) is 18.9 Å². The third kappa shape index (κ3) is 1.74. The molecule has 0 aromatic carbocycles. The Hall–Kier alpha value is -0.0800. The zero-order valence-electron chi connectivity index (χ0n) is 7.16. The predicted molar refractivity (Wildman–Crippen MR) is 44.4 cm³/mol. The summed E-state index contributed by atoms with van der Waals surface area (Å²) in [5.74, 6) is 0.961. The number of hydrogen-bond acceptors (Lipinski definition) is 2. The van der Waals surface area contributed by atoms with E-state index < -0.39 is 0 Å². The number of aliphatic hydroxyl groups excluding tert-OH is 1. The maximum absolute atomic E-state index is 9.36. The van der Waals surface area contributed by atoms with Crippen molar-refractivity contribution in [3.8, 4) is 0 Å². The number of nitrogens with zero attached hydrogens (tertiary/aromatic N) is 1. The number of hydrogen-bond donors (Lipinski definition) is 1. The zero-order valence-corrected chi connectivity index (χ0v) is 7.16. The molecule has 0 spiro atoms. The van der Waals surface area contributed by atoms with Gasteiger partial charge in [0.05, 0.1) is 6.10 Å². The molecule has 2 aliphatic rings. The molecule has 2 heteroatoms. The number of β-amino-alcohol motifs (C(OH)–C–C–N with tert-alkyl or cyclic N) is 1. The van der Waals surface area contributed by atoms with Crippen molar-refractivity contribution >= 4 is 0 Å². The Morgan fingerprint density at radius 3 is 2.64 bits per heavy atom. The minimum atomic E-state index is -0.0521. The molecule has 1 saturated heterocycles. The van der Waals surface area contributed by atoms with Crippen LogP contribution in [0, 0.1) is 5.92 Å². The van der Waals surface area contributed by atoms with Gasteiger partial charge in [-0.2, -0.15) is 0 Å². The molecule has 2 atom stereocenters. The zero-order chi connectivity index (χ0) is 7.84. The van der Waals surface area contributed by atoms with Crippen molar-refractivity contribution in [3.05, 3.63) is 0 Å². The van der Waals surface area contributed by atoms with Crippen LogP contribution < -0.4 is 0 Å². The number of likely N-dealkylation sites (tertiary alicyclic amines) is 1. The largest absolute Gasteiger partial charge is 0.392 e. The molecule has 1 saturated carbocycles. The van der Waals surface area contributed by atoms with Crippen molar-refractivity contribution in [1.29, 1.82) is 0 Å². The lowest BCUT2D eigenvalue weighted by Crippen LogP contribution is -2.29. The van der Waals surface area contributed by atoms with Crippen LogP contribution in [0.3, 0.4) is 0 Å². The number of aliphatic hydroxyl groups is 1. The molecule has 0 aromatic heterocycles. The van der Waals surface area contributed by atoms with Gasteiger partial charge in [0.15, 0.2) is 0 Å². The lowest BCUT2D eigenvalue weighted by atomic mass is 10.2. The summed E-state index contributed by atoms with van der Waals surface area (Å²) in [6, 6.07) is 0.616. The van der Waals surface area contributed by atoms with Gasteiger partial charge in [-0.3, -0.25) is 4.90 Å². The minimum absolute atomic E-state index is 0.0521. The van der Waals surface area contributed by atoms with Crippen molar-refractivity contribution in [2.24, 2.45) is 5.92 Å². The van der Waals surface area contributed by atoms with Gasteiger partial charge in [0.1, 0.15) is 0 Å². The van der Waals surface area contributed by atoms with Gasteiger partial charge in [0.25, 0.3) is 0 Å². The molecule has 2 fully saturated rings. The van der Waals surface area contributed by atoms with E-state index in [0.29, 0.717) is 6.04 Å². The Morgan fingerprint density at radius 2 is 2.18 bits per heavy atom. The van der Waals surface area contributed by atoms with Crippen LogP contribution in [0.25, 0.3) is 0 Å². The molecule has 1 aliphatic heterocycles. The van der Waals surface area contributed by atoms with Crippen LogP contribution in [-0.2, 0) is 0 Å². The average Bonchev–Trinajstić information content (AvgIpc) is 2.64. The highest BCUT2D eigenvalue weighted by Gasteiger charge is 2.32. The van der Waals surface area contributed by atoms with E-state index in [1.54, 1.807) is 0 Å². The van der Waals surface area contributed by atoms with Crippen LogP contribution in [0.15, 0.2) is 0 Å². The third-order valence-electron chi connectivity index (χ3n) is 2.87. The van der Waals surface area contributed by atoms with Gasteiger partial charge in [-0.15, -0.1) is 0 Å². The SMILES string of the molecule is C[C@@H]1C[C@H](O)CN1CC1CC1. The van der Waals surface area contributed by atoms with Crippen LogP contribution in [0.2, 0.25) is 0 Å². The van der Waals surface area contributed by atoms with E-state index in [9.17, 15) is 5.11 Å². The van der Waals surface area contributed by atoms with Crippen LogP contribution in [-0.4, -0.2) is 35.2 Å². The lowest BCUT2D eigenvalue weighted by molar-refractivity contribution is 0.173. The molecule has 0 aromatic rings. The molecule has 2 nitrogen and oxygen atoms in total. The topological polar surface area (TPSA) is 23.5 Å². The van der Waals surface area contributed by atoms with Crippen LogP contribution in [0.4, 0.5) is 0 Å². The van der Waals surface area contributed by atoms with E-state index >= 15 is 0 Å². The Morgan fingerprint density at radius 1 is 1.45 bits per heavy atom. The summed E-state index contributed by atoms with van der Waals surface area (Å²) < 4.78 is 0. The standard InChI is InChI=1S/C9H17NO/c1-7-4-9(11)6-10(7)5-8-2-3-8/h7-9,11H,2-6H2,1H3/t7-,9+/m1/s1. The summed E-state index contributed by atoms with van der Waals surface area (Å²) in [5.41, 5.74) is 0. The Kier molecular flexibility index (Phi) is 1.90. The van der Waals surface area contributed by atoms with Gasteiger partial charge in [-0.1, -0.05) is 0 Å². The van der Waals surface area contributed by atoms with Crippen molar-refractivity contribution in [2.75, 3.05) is 13.1 Å². The molecule has 64 valence electrons. The lowest BCUT2D eigenvalue weighted by Gasteiger charge is -2.19. The minimum Gasteiger partial charge on any atom is -0.392 e. The molecule has 0 amide bonds. The quantitative estimate of drug-likeness (QED) is 0.639. The highest BCUT2D eigenvalue weighted by atomic mass is 16.3. The van der Waals surface area contributed by atoms with Gasteiger partial charge >= 0.3 is 0 Å². The average molecular weight is 155 g/mol. The molecule has 0 bridgehead atoms. The van der Waals surface area contributed by atoms with Crippen molar-refractivity contribution in [3.63, 3.8) is 0 Å². The molecular weight excluding hydrogens is 138 g/mol. The molecule has 1 heterocycles. The van der Waals surface area contributed by atoms with E-state index in [-0.39, 0.29) is 6.10 Å². The Balaban J connectivity index is 1.82. The molecular formula is C9H17NO. The first-order valence-electron chi connectivity index (χ1n) is 4.68. The normalized spacial score (nSPS) is 39.8. The Bertz CT molecular complexity index is 144. The Labute approximate surface area is 68.2 Å². The van der Waals surface area contributed by atoms with E-state index in [2.05, 4.69) is 11.8 Å². The summed E-state index contributed by atoms with van der Waals surface area (Å²) in [7, 11) is 0. The maximum Gasteiger partial charge on any atom is 0.0682 e. The molecule has 11 heavy (non-hydrogen) atoms. The van der Waals surface area contributed by atoms with Crippen LogP contribution in [0.5, 0.6) is 0 Å². The van der Waals surface area contributed by atoms with Crippen molar-refractivity contribution in [1.82, 2.24) is 4.90 Å². The van der Waals surface area contributed by atoms with E-state index in [1.807, 2.05) is 0 Å². The summed E-state index contributed by atoms with van der Waals surface area (Å²) in [5, 5.41) is 9.36. The summed E-state index contributed by atoms with van der Waals surface area (Å²) >= 11 is 0. The van der Waals surface area contributed by atoms with E-state index in [4.69, 9.17) is 0 Å². The second kappa shape index (κ2) is 2.76. The summed E-state index contributed by atoms with van der Waals surface area (Å²) in [4.78, 5) is 2.43. The summed E-state index contributed by atoms with van der Waals surface area (Å²) in [6.45, 7) is 4.37. The summed E-state index contributed by atoms with van der Waals surface area (Å²) in [6.07, 6.45) is 3.76. The fraction of sp³-hybridized carbons (Fsp3) is 1.00. The monoisotopic (exact) mass is 155 g/mol. The second-order valence-electron chi connectivity index (χ2n) is 4.14. The molecule has 0 unspecified atom stereocenters. The number of rotatable bonds is 2. The van der Waals surface area contributed by atoms with Crippen LogP contribution in [0.1, 0.15) is 26.2 Å². The highest BCUT2D eigenvalue weighted by molar-refractivity contribution is 4.86. The van der Waals surface area contributed by atoms with Crippen molar-refractivity contribution in [2.45, 2.75) is 38.3 Å². The highest BCUT2D eigenvalue weighted by Crippen LogP contribution is 2.32. The first-order valence-corrected chi connectivity index (χ1v) is 4.68. The predicted octanol–water partition coefficient (Wildman–Crippen LogP) is 0.851. The van der Waals surface area contributed by atoms with Gasteiger partial charge in [0, 0.05) is 19.1 Å². The smallest absolute Gasteiger partial charge is 0.0682 e. The second-order valence-corrected chi connectivity index (χ2v) is 4.14. The fourth-order valence-corrected chi connectivity index (χ4v) is 1.95. The van der Waals surface area contributed by atoms with Gasteiger partial charge in [-0.05, 0) is 32.1 Å². The van der Waals surface area contributed by atoms with E-state index in [1.165, 1.54) is 19.4 Å². The van der Waals surface area contributed by atoms with Gasteiger partial charge in [-0.25, -0.2) is 0 Å². The fourth-order valence-electron chi connectivity index (χ4n) is 1.95. The van der Waals surface area contributed by atoms with Gasteiger partial charge in [0.2, 0.25) is 0 Å². The van der Waals surface area contributed by atoms with Crippen LogP contribution >= 0.6 is 0 Å². The molecule has 1 N–H and O–H groups in total.